The van der Waals surface area contributed by atoms with Crippen LogP contribution in [0.25, 0.3) is 17.0 Å². The molecule has 198 valence electrons. The minimum Gasteiger partial charge on any atom is -0.478 e. The molecule has 0 fully saturated rings. The first-order valence-electron chi connectivity index (χ1n) is 11.2. The molecule has 3 rings (SSSR count). The summed E-state index contributed by atoms with van der Waals surface area (Å²) >= 11 is 6.40. The molecule has 0 amide bonds. The van der Waals surface area contributed by atoms with E-state index in [1.165, 1.54) is 38.1 Å². The highest BCUT2D eigenvalue weighted by Gasteiger charge is 2.31. The van der Waals surface area contributed by atoms with Crippen molar-refractivity contribution in [3.8, 4) is 22.8 Å². The van der Waals surface area contributed by atoms with Crippen LogP contribution >= 0.6 is 11.6 Å². The largest absolute Gasteiger partial charge is 0.573 e. The summed E-state index contributed by atoms with van der Waals surface area (Å²) in [5.74, 6) is -1.19. The molecule has 0 aliphatic rings. The molecule has 3 aromatic rings. The number of hydrogen-bond acceptors (Lipinski definition) is 5. The number of rotatable bonds is 10. The third-order valence-electron chi connectivity index (χ3n) is 5.53. The smallest absolute Gasteiger partial charge is 0.478 e. The maximum atomic E-state index is 12.5. The highest BCUT2D eigenvalue weighted by molar-refractivity contribution is 6.32. The van der Waals surface area contributed by atoms with E-state index in [4.69, 9.17) is 16.3 Å². The summed E-state index contributed by atoms with van der Waals surface area (Å²) in [5.41, 5.74) is 2.02. The lowest BCUT2D eigenvalue weighted by Gasteiger charge is -2.23. The van der Waals surface area contributed by atoms with E-state index in [-0.39, 0.29) is 22.6 Å². The van der Waals surface area contributed by atoms with E-state index in [0.29, 0.717) is 23.4 Å². The summed E-state index contributed by atoms with van der Waals surface area (Å²) in [6.07, 6.45) is -4.29. The summed E-state index contributed by atoms with van der Waals surface area (Å²) in [6.45, 7) is 8.64. The minimum atomic E-state index is -4.77. The molecule has 0 saturated carbocycles. The minimum absolute atomic E-state index is 0.204. The van der Waals surface area contributed by atoms with Crippen molar-refractivity contribution in [2.75, 3.05) is 7.05 Å². The number of aromatic nitrogens is 2. The number of ether oxygens (including phenoxy) is 2. The Hall–Kier alpha value is -3.50. The monoisotopic (exact) mass is 537 g/mol. The Kier molecular flexibility index (Phi) is 8.24. The van der Waals surface area contributed by atoms with E-state index in [1.807, 2.05) is 6.07 Å². The number of benzene rings is 2. The summed E-state index contributed by atoms with van der Waals surface area (Å²) < 4.78 is 48.6. The van der Waals surface area contributed by atoms with Crippen molar-refractivity contribution >= 4 is 23.3 Å². The van der Waals surface area contributed by atoms with Gasteiger partial charge in [-0.25, -0.2) is 9.48 Å². The van der Waals surface area contributed by atoms with Gasteiger partial charge in [0.15, 0.2) is 5.60 Å². The number of nitrogens with zero attached hydrogens (tertiary/aromatic N) is 2. The Morgan fingerprint density at radius 3 is 2.32 bits per heavy atom. The number of allylic oxidation sites excluding steroid dienone is 1. The molecule has 0 aliphatic carbocycles. The molecule has 0 spiro atoms. The van der Waals surface area contributed by atoms with Gasteiger partial charge in [0.1, 0.15) is 11.5 Å². The van der Waals surface area contributed by atoms with Gasteiger partial charge < -0.3 is 19.9 Å². The van der Waals surface area contributed by atoms with E-state index >= 15 is 0 Å². The number of nitrogens with one attached hydrogen (secondary N) is 1. The van der Waals surface area contributed by atoms with Crippen LogP contribution in [0.15, 0.2) is 55.1 Å². The van der Waals surface area contributed by atoms with Crippen molar-refractivity contribution in [3.63, 3.8) is 0 Å². The molecule has 0 bridgehead atoms. The molecule has 0 saturated heterocycles. The third-order valence-corrected chi connectivity index (χ3v) is 5.82. The topological polar surface area (TPSA) is 85.6 Å². The van der Waals surface area contributed by atoms with Crippen LogP contribution in [0.4, 0.5) is 13.2 Å². The molecule has 2 aromatic carbocycles. The summed E-state index contributed by atoms with van der Waals surface area (Å²) in [6, 6.07) is 12.2. The van der Waals surface area contributed by atoms with Gasteiger partial charge in [-0.2, -0.15) is 5.10 Å². The lowest BCUT2D eigenvalue weighted by Crippen LogP contribution is -2.38. The maximum absolute atomic E-state index is 12.5. The van der Waals surface area contributed by atoms with Gasteiger partial charge in [-0.3, -0.25) is 0 Å². The van der Waals surface area contributed by atoms with E-state index < -0.39 is 17.9 Å². The molecule has 1 unspecified atom stereocenters. The number of halogens is 4. The molecule has 0 radical (unpaired) electrons. The van der Waals surface area contributed by atoms with Crippen LogP contribution in [0.2, 0.25) is 5.02 Å². The molecule has 7 nitrogen and oxygen atoms in total. The number of carboxylic acid groups (broad SMARTS) is 1. The fraction of sp³-hybridized carbons (Fsp3) is 0.308. The normalized spacial score (nSPS) is 12.8. The van der Waals surface area contributed by atoms with Crippen LogP contribution in [0.5, 0.6) is 11.5 Å². The van der Waals surface area contributed by atoms with Crippen molar-refractivity contribution < 1.29 is 32.5 Å². The molecule has 11 heteroatoms. The number of hydrogen-bond donors (Lipinski definition) is 2. The van der Waals surface area contributed by atoms with Gasteiger partial charge in [0.25, 0.3) is 0 Å². The second-order valence-electron chi connectivity index (χ2n) is 8.89. The average molecular weight is 538 g/mol. The first kappa shape index (κ1) is 28.1. The van der Waals surface area contributed by atoms with Crippen LogP contribution in [0.1, 0.15) is 38.1 Å². The highest BCUT2D eigenvalue weighted by Crippen LogP contribution is 2.33. The third kappa shape index (κ3) is 7.05. The molecular weight excluding hydrogens is 511 g/mol. The first-order valence-corrected chi connectivity index (χ1v) is 11.6. The van der Waals surface area contributed by atoms with Crippen LogP contribution in [-0.4, -0.2) is 39.9 Å². The molecule has 0 aliphatic heterocycles. The van der Waals surface area contributed by atoms with Gasteiger partial charge >= 0.3 is 12.3 Å². The fourth-order valence-corrected chi connectivity index (χ4v) is 3.82. The zero-order chi connectivity index (χ0) is 27.5. The number of alkyl halides is 3. The van der Waals surface area contributed by atoms with Crippen molar-refractivity contribution in [2.24, 2.45) is 0 Å². The predicted molar refractivity (Wildman–Crippen MR) is 135 cm³/mol. The molecule has 1 aromatic heterocycles. The van der Waals surface area contributed by atoms with E-state index in [9.17, 15) is 23.1 Å². The SMILES string of the molecule is C=C(C)n1nc(-c2ccc(OC(F)(F)F)cc2)cc1CC(NC)c1ccc(OC(C)(C)C(=O)O)c(Cl)c1. The Balaban J connectivity index is 1.86. The Bertz CT molecular complexity index is 1290. The zero-order valence-corrected chi connectivity index (χ0v) is 21.4. The number of aliphatic carboxylic acids is 1. The second-order valence-corrected chi connectivity index (χ2v) is 9.30. The van der Waals surface area contributed by atoms with E-state index in [2.05, 4.69) is 21.7 Å². The van der Waals surface area contributed by atoms with Gasteiger partial charge in [0.2, 0.25) is 0 Å². The van der Waals surface area contributed by atoms with Gasteiger partial charge in [-0.05, 0) is 75.8 Å². The summed E-state index contributed by atoms with van der Waals surface area (Å²) in [7, 11) is 1.79. The number of carboxylic acids is 1. The van der Waals surface area contributed by atoms with Crippen LogP contribution < -0.4 is 14.8 Å². The van der Waals surface area contributed by atoms with Crippen LogP contribution in [0, 0.1) is 0 Å². The standard InChI is InChI=1S/C26H27ClF3N3O4/c1-15(2)33-18(14-22(32-33)16-6-9-19(10-7-16)36-26(28,29)30)13-21(31-5)17-8-11-23(20(27)12-17)37-25(3,4)24(34)35/h6-12,14,21,31H,1,13H2,2-5H3,(H,34,35). The lowest BCUT2D eigenvalue weighted by molar-refractivity contribution is -0.274. The van der Waals surface area contributed by atoms with Crippen molar-refractivity contribution in [1.82, 2.24) is 15.1 Å². The van der Waals surface area contributed by atoms with Gasteiger partial charge in [0.05, 0.1) is 10.7 Å². The van der Waals surface area contributed by atoms with Crippen molar-refractivity contribution in [3.05, 3.63) is 71.4 Å². The van der Waals surface area contributed by atoms with Crippen LogP contribution in [0.3, 0.4) is 0 Å². The molecule has 1 atom stereocenters. The van der Waals surface area contributed by atoms with Gasteiger partial charge in [0, 0.05) is 29.4 Å². The van der Waals surface area contributed by atoms with E-state index in [1.54, 1.807) is 36.9 Å². The quantitative estimate of drug-likeness (QED) is 0.314. The van der Waals surface area contributed by atoms with Crippen LogP contribution in [-0.2, 0) is 11.2 Å². The Morgan fingerprint density at radius 2 is 1.81 bits per heavy atom. The van der Waals surface area contributed by atoms with Gasteiger partial charge in [-0.15, -0.1) is 13.2 Å². The Labute approximate surface area is 217 Å². The van der Waals surface area contributed by atoms with Gasteiger partial charge in [-0.1, -0.05) is 24.2 Å². The summed E-state index contributed by atoms with van der Waals surface area (Å²) in [4.78, 5) is 11.4. The first-order chi connectivity index (χ1) is 17.2. The predicted octanol–water partition coefficient (Wildman–Crippen LogP) is 6.34. The molecule has 1 heterocycles. The zero-order valence-electron chi connectivity index (χ0n) is 20.7. The second kappa shape index (κ2) is 10.9. The molecular formula is C26H27ClF3N3O4. The summed E-state index contributed by atoms with van der Waals surface area (Å²) in [5, 5.41) is 17.4. The lowest BCUT2D eigenvalue weighted by atomic mass is 10.0. The number of carbonyl (C=O) groups is 1. The highest BCUT2D eigenvalue weighted by atomic mass is 35.5. The molecule has 37 heavy (non-hydrogen) atoms. The fourth-order valence-electron chi connectivity index (χ4n) is 3.59. The van der Waals surface area contributed by atoms with Crippen molar-refractivity contribution in [2.45, 2.75) is 45.2 Å². The van der Waals surface area contributed by atoms with Crippen molar-refractivity contribution in [1.29, 1.82) is 0 Å². The van der Waals surface area contributed by atoms with E-state index in [0.717, 1.165) is 11.3 Å². The Morgan fingerprint density at radius 1 is 1.16 bits per heavy atom. The average Bonchev–Trinajstić information content (AvgIpc) is 3.22. The molecule has 2 N–H and O–H groups in total. The maximum Gasteiger partial charge on any atom is 0.573 e. The number of likely N-dealkylation sites (N-methyl/N-ethyl adjacent to an activating group) is 1.